The van der Waals surface area contributed by atoms with E-state index in [1.165, 1.54) is 11.3 Å². The van der Waals surface area contributed by atoms with Crippen molar-refractivity contribution >= 4 is 55.6 Å². The molecule has 5 aromatic rings. The van der Waals surface area contributed by atoms with Crippen molar-refractivity contribution in [1.29, 1.82) is 0 Å². The number of rotatable bonds is 7. The number of nitrogens with zero attached hydrogens (tertiary/aromatic N) is 5. The molecule has 0 atom stereocenters. The van der Waals surface area contributed by atoms with Gasteiger partial charge in [0, 0.05) is 48.5 Å². The summed E-state index contributed by atoms with van der Waals surface area (Å²) in [6.45, 7) is 0.707. The van der Waals surface area contributed by atoms with Crippen molar-refractivity contribution in [3.8, 4) is 11.3 Å². The van der Waals surface area contributed by atoms with Gasteiger partial charge in [-0.25, -0.2) is 19.7 Å². The third-order valence-corrected chi connectivity index (χ3v) is 6.69. The first-order valence-corrected chi connectivity index (χ1v) is 11.9. The normalized spacial score (nSPS) is 10.9. The van der Waals surface area contributed by atoms with Crippen LogP contribution in [-0.2, 0) is 13.5 Å². The number of thiazole rings is 1. The van der Waals surface area contributed by atoms with E-state index in [4.69, 9.17) is 0 Å². The van der Waals surface area contributed by atoms with Crippen LogP contribution in [0.2, 0.25) is 0 Å². The molecule has 2 amide bonds. The molecular formula is C22H20N8OS2. The molecule has 5 rings (SSSR count). The van der Waals surface area contributed by atoms with Crippen LogP contribution in [0.3, 0.4) is 0 Å². The lowest BCUT2D eigenvalue weighted by atomic mass is 10.1. The molecule has 11 heteroatoms. The van der Waals surface area contributed by atoms with E-state index in [2.05, 4.69) is 36.0 Å². The minimum absolute atomic E-state index is 0.340. The summed E-state index contributed by atoms with van der Waals surface area (Å²) in [6, 6.07) is 11.1. The highest BCUT2D eigenvalue weighted by molar-refractivity contribution is 7.17. The number of carbonyl (C=O) groups is 1. The number of urea groups is 1. The maximum Gasteiger partial charge on any atom is 0.325 e. The van der Waals surface area contributed by atoms with Gasteiger partial charge >= 0.3 is 6.03 Å². The number of aromatic nitrogens is 5. The molecule has 0 aliphatic rings. The second kappa shape index (κ2) is 9.35. The van der Waals surface area contributed by atoms with Crippen LogP contribution in [0.15, 0.2) is 60.5 Å². The summed E-state index contributed by atoms with van der Waals surface area (Å²) < 4.78 is 2.79. The van der Waals surface area contributed by atoms with Crippen molar-refractivity contribution in [1.82, 2.24) is 24.7 Å². The minimum Gasteiger partial charge on any atom is -0.368 e. The maximum atomic E-state index is 12.4. The number of anilines is 3. The summed E-state index contributed by atoms with van der Waals surface area (Å²) >= 11 is 3.07. The largest absolute Gasteiger partial charge is 0.368 e. The van der Waals surface area contributed by atoms with Crippen LogP contribution in [0.5, 0.6) is 0 Å². The smallest absolute Gasteiger partial charge is 0.325 e. The highest BCUT2D eigenvalue weighted by Crippen LogP contribution is 2.25. The Morgan fingerprint density at radius 1 is 1.12 bits per heavy atom. The van der Waals surface area contributed by atoms with Crippen LogP contribution in [0.1, 0.15) is 4.88 Å². The van der Waals surface area contributed by atoms with E-state index in [0.29, 0.717) is 17.4 Å². The van der Waals surface area contributed by atoms with Crippen LogP contribution < -0.4 is 16.0 Å². The molecule has 0 fully saturated rings. The van der Waals surface area contributed by atoms with Gasteiger partial charge in [-0.2, -0.15) is 5.10 Å². The van der Waals surface area contributed by atoms with Gasteiger partial charge < -0.3 is 10.6 Å². The van der Waals surface area contributed by atoms with E-state index >= 15 is 0 Å². The molecule has 0 saturated heterocycles. The SMILES string of the molecule is Cn1ccc(-c2cccc(NC(=O)Nc3ncc(CCNc4ncnc5ccsc45)s3)c2)n1. The lowest BCUT2D eigenvalue weighted by Gasteiger charge is -2.07. The van der Waals surface area contributed by atoms with E-state index in [1.807, 2.05) is 55.0 Å². The van der Waals surface area contributed by atoms with E-state index < -0.39 is 0 Å². The Bertz CT molecular complexity index is 1410. The van der Waals surface area contributed by atoms with Gasteiger partial charge in [-0.3, -0.25) is 10.00 Å². The van der Waals surface area contributed by atoms with Crippen molar-refractivity contribution in [3.63, 3.8) is 0 Å². The summed E-state index contributed by atoms with van der Waals surface area (Å²) in [5.41, 5.74) is 3.40. The molecule has 0 saturated carbocycles. The third-order valence-electron chi connectivity index (χ3n) is 4.81. The number of hydrogen-bond donors (Lipinski definition) is 3. The molecule has 1 aromatic carbocycles. The number of benzene rings is 1. The number of thiophene rings is 1. The number of fused-ring (bicyclic) bond motifs is 1. The van der Waals surface area contributed by atoms with Crippen LogP contribution in [-0.4, -0.2) is 37.3 Å². The Hall–Kier alpha value is -3.83. The van der Waals surface area contributed by atoms with Gasteiger partial charge in [-0.1, -0.05) is 12.1 Å². The zero-order valence-electron chi connectivity index (χ0n) is 17.6. The predicted molar refractivity (Wildman–Crippen MR) is 133 cm³/mol. The molecule has 4 heterocycles. The Kier molecular flexibility index (Phi) is 5.96. The monoisotopic (exact) mass is 476 g/mol. The fourth-order valence-corrected chi connectivity index (χ4v) is 4.90. The van der Waals surface area contributed by atoms with Crippen molar-refractivity contribution in [2.75, 3.05) is 22.5 Å². The number of carbonyl (C=O) groups excluding carboxylic acids is 1. The van der Waals surface area contributed by atoms with Gasteiger partial charge in [0.05, 0.1) is 15.9 Å². The summed E-state index contributed by atoms with van der Waals surface area (Å²) in [5.74, 6) is 0.838. The molecule has 0 unspecified atom stereocenters. The second-order valence-electron chi connectivity index (χ2n) is 7.20. The lowest BCUT2D eigenvalue weighted by molar-refractivity contribution is 0.262. The Morgan fingerprint density at radius 2 is 2.06 bits per heavy atom. The van der Waals surface area contributed by atoms with Crippen molar-refractivity contribution < 1.29 is 4.79 Å². The molecule has 9 nitrogen and oxygen atoms in total. The first-order valence-electron chi connectivity index (χ1n) is 10.2. The van der Waals surface area contributed by atoms with E-state index in [1.54, 1.807) is 28.5 Å². The molecule has 0 bridgehead atoms. The molecule has 0 aliphatic heterocycles. The molecule has 0 radical (unpaired) electrons. The maximum absolute atomic E-state index is 12.4. The van der Waals surface area contributed by atoms with Gasteiger partial charge in [0.2, 0.25) is 0 Å². The van der Waals surface area contributed by atoms with Crippen molar-refractivity contribution in [3.05, 3.63) is 65.4 Å². The van der Waals surface area contributed by atoms with Crippen LogP contribution in [0.4, 0.5) is 21.4 Å². The number of aryl methyl sites for hydroxylation is 1. The molecule has 0 spiro atoms. The van der Waals surface area contributed by atoms with E-state index in [9.17, 15) is 4.79 Å². The Morgan fingerprint density at radius 3 is 2.94 bits per heavy atom. The minimum atomic E-state index is -0.340. The topological polar surface area (TPSA) is 110 Å². The first-order chi connectivity index (χ1) is 16.1. The lowest BCUT2D eigenvalue weighted by Crippen LogP contribution is -2.19. The highest BCUT2D eigenvalue weighted by Gasteiger charge is 2.09. The standard InChI is InChI=1S/C22H20N8OS2/c1-30-9-6-17(29-30)14-3-2-4-15(11-14)27-21(31)28-22-24-12-16(33-22)5-8-23-20-19-18(7-10-32-19)25-13-26-20/h2-4,6-7,9-13H,5,8H2,1H3,(H,23,25,26)(H2,24,27,28,31). The number of amides is 2. The summed E-state index contributed by atoms with van der Waals surface area (Å²) in [5, 5.41) is 16.0. The van der Waals surface area contributed by atoms with Crippen LogP contribution in [0, 0.1) is 0 Å². The summed E-state index contributed by atoms with van der Waals surface area (Å²) in [7, 11) is 1.87. The number of nitrogens with one attached hydrogen (secondary N) is 3. The molecule has 0 aliphatic carbocycles. The van der Waals surface area contributed by atoms with Crippen LogP contribution in [0.25, 0.3) is 21.5 Å². The second-order valence-corrected chi connectivity index (χ2v) is 9.23. The zero-order valence-corrected chi connectivity index (χ0v) is 19.3. The Balaban J connectivity index is 1.15. The quantitative estimate of drug-likeness (QED) is 0.310. The third kappa shape index (κ3) is 4.99. The fourth-order valence-electron chi connectivity index (χ4n) is 3.28. The first kappa shape index (κ1) is 21.0. The zero-order chi connectivity index (χ0) is 22.6. The molecular weight excluding hydrogens is 456 g/mol. The van der Waals surface area contributed by atoms with Gasteiger partial charge in [-0.05, 0) is 29.6 Å². The molecule has 4 aromatic heterocycles. The van der Waals surface area contributed by atoms with Gasteiger partial charge in [0.1, 0.15) is 12.1 Å². The van der Waals surface area contributed by atoms with E-state index in [0.717, 1.165) is 38.6 Å². The van der Waals surface area contributed by atoms with E-state index in [-0.39, 0.29) is 6.03 Å². The van der Waals surface area contributed by atoms with Gasteiger partial charge in [-0.15, -0.1) is 22.7 Å². The molecule has 166 valence electrons. The fraction of sp³-hybridized carbons (Fsp3) is 0.136. The van der Waals surface area contributed by atoms with Crippen LogP contribution >= 0.6 is 22.7 Å². The number of hydrogen-bond acceptors (Lipinski definition) is 8. The molecule has 33 heavy (non-hydrogen) atoms. The van der Waals surface area contributed by atoms with Gasteiger partial charge in [0.25, 0.3) is 0 Å². The van der Waals surface area contributed by atoms with Gasteiger partial charge in [0.15, 0.2) is 5.13 Å². The average Bonchev–Trinajstić information content (AvgIpc) is 3.55. The van der Waals surface area contributed by atoms with Crippen molar-refractivity contribution in [2.24, 2.45) is 7.05 Å². The summed E-state index contributed by atoms with van der Waals surface area (Å²) in [4.78, 5) is 26.4. The predicted octanol–water partition coefficient (Wildman–Crippen LogP) is 4.85. The highest BCUT2D eigenvalue weighted by atomic mass is 32.1. The Labute approximate surface area is 197 Å². The summed E-state index contributed by atoms with van der Waals surface area (Å²) in [6.07, 6.45) is 6.00. The molecule has 3 N–H and O–H groups in total. The van der Waals surface area contributed by atoms with Crippen molar-refractivity contribution in [2.45, 2.75) is 6.42 Å². The average molecular weight is 477 g/mol.